The number of likely N-dealkylation sites (N-methyl/N-ethyl adjacent to an activating group) is 1. The highest BCUT2D eigenvalue weighted by Crippen LogP contribution is 2.18. The number of amides is 1. The molecule has 21 heavy (non-hydrogen) atoms. The van der Waals surface area contributed by atoms with E-state index < -0.39 is 0 Å². The molecule has 114 valence electrons. The molecule has 1 atom stereocenters. The highest BCUT2D eigenvalue weighted by molar-refractivity contribution is 5.95. The van der Waals surface area contributed by atoms with Crippen molar-refractivity contribution in [2.24, 2.45) is 0 Å². The SMILES string of the molecule is CNC(=O)C1CCCCN1CCCC(=O)c1ccccc1. The van der Waals surface area contributed by atoms with Crippen molar-refractivity contribution in [1.29, 1.82) is 0 Å². The van der Waals surface area contributed by atoms with Crippen LogP contribution in [0.4, 0.5) is 0 Å². The minimum Gasteiger partial charge on any atom is -0.358 e. The summed E-state index contributed by atoms with van der Waals surface area (Å²) in [5.74, 6) is 0.285. The maximum Gasteiger partial charge on any atom is 0.237 e. The monoisotopic (exact) mass is 288 g/mol. The van der Waals surface area contributed by atoms with Crippen LogP contribution in [0.2, 0.25) is 0 Å². The van der Waals surface area contributed by atoms with Gasteiger partial charge in [-0.2, -0.15) is 0 Å². The Morgan fingerprint density at radius 3 is 2.71 bits per heavy atom. The van der Waals surface area contributed by atoms with Crippen molar-refractivity contribution in [3.8, 4) is 0 Å². The molecule has 0 spiro atoms. The normalized spacial score (nSPS) is 19.2. The molecule has 1 aromatic carbocycles. The van der Waals surface area contributed by atoms with E-state index in [-0.39, 0.29) is 17.7 Å². The van der Waals surface area contributed by atoms with Crippen LogP contribution in [0.15, 0.2) is 30.3 Å². The second-order valence-corrected chi connectivity index (χ2v) is 5.55. The van der Waals surface area contributed by atoms with Crippen molar-refractivity contribution in [3.05, 3.63) is 35.9 Å². The summed E-state index contributed by atoms with van der Waals surface area (Å²) in [5.41, 5.74) is 0.777. The molecule has 4 nitrogen and oxygen atoms in total. The van der Waals surface area contributed by atoms with E-state index in [2.05, 4.69) is 10.2 Å². The molecule has 0 saturated carbocycles. The zero-order valence-electron chi connectivity index (χ0n) is 12.7. The summed E-state index contributed by atoms with van der Waals surface area (Å²) in [6.45, 7) is 1.77. The van der Waals surface area contributed by atoms with Crippen LogP contribution >= 0.6 is 0 Å². The molecule has 0 bridgehead atoms. The van der Waals surface area contributed by atoms with Crippen LogP contribution in [0.1, 0.15) is 42.5 Å². The molecule has 1 amide bonds. The standard InChI is InChI=1S/C17H24N2O2/c1-18-17(21)15-10-5-6-12-19(15)13-7-11-16(20)14-8-3-2-4-9-14/h2-4,8-9,15H,5-7,10-13H2,1H3,(H,18,21). The zero-order valence-corrected chi connectivity index (χ0v) is 12.7. The Kier molecular flexibility index (Phi) is 5.93. The van der Waals surface area contributed by atoms with Gasteiger partial charge in [-0.25, -0.2) is 0 Å². The van der Waals surface area contributed by atoms with Gasteiger partial charge in [0.05, 0.1) is 6.04 Å². The predicted molar refractivity (Wildman–Crippen MR) is 83.3 cm³/mol. The lowest BCUT2D eigenvalue weighted by Gasteiger charge is -2.34. The highest BCUT2D eigenvalue weighted by Gasteiger charge is 2.27. The first-order valence-corrected chi connectivity index (χ1v) is 7.76. The highest BCUT2D eigenvalue weighted by atomic mass is 16.2. The van der Waals surface area contributed by atoms with E-state index in [0.717, 1.165) is 44.3 Å². The van der Waals surface area contributed by atoms with Crippen molar-refractivity contribution in [1.82, 2.24) is 10.2 Å². The molecule has 1 aromatic rings. The van der Waals surface area contributed by atoms with E-state index in [4.69, 9.17) is 0 Å². The van der Waals surface area contributed by atoms with E-state index in [1.807, 2.05) is 30.3 Å². The first-order valence-electron chi connectivity index (χ1n) is 7.76. The number of carbonyl (C=O) groups is 2. The molecule has 0 radical (unpaired) electrons. The van der Waals surface area contributed by atoms with Gasteiger partial charge in [-0.15, -0.1) is 0 Å². The molecule has 2 rings (SSSR count). The molecule has 1 fully saturated rings. The average Bonchev–Trinajstić information content (AvgIpc) is 2.55. The Balaban J connectivity index is 1.81. The van der Waals surface area contributed by atoms with Crippen molar-refractivity contribution < 1.29 is 9.59 Å². The molecule has 0 aliphatic carbocycles. The fourth-order valence-corrected chi connectivity index (χ4v) is 2.93. The van der Waals surface area contributed by atoms with Gasteiger partial charge in [-0.3, -0.25) is 14.5 Å². The van der Waals surface area contributed by atoms with Crippen LogP contribution in [0.25, 0.3) is 0 Å². The number of hydrogen-bond donors (Lipinski definition) is 1. The molecule has 0 aromatic heterocycles. The number of rotatable bonds is 6. The summed E-state index contributed by atoms with van der Waals surface area (Å²) in [7, 11) is 1.69. The van der Waals surface area contributed by atoms with Gasteiger partial charge in [-0.05, 0) is 32.4 Å². The predicted octanol–water partition coefficient (Wildman–Crippen LogP) is 2.25. The zero-order chi connectivity index (χ0) is 15.1. The summed E-state index contributed by atoms with van der Waals surface area (Å²) < 4.78 is 0. The van der Waals surface area contributed by atoms with E-state index in [9.17, 15) is 9.59 Å². The quantitative estimate of drug-likeness (QED) is 0.817. The van der Waals surface area contributed by atoms with Gasteiger partial charge in [0, 0.05) is 19.0 Å². The number of likely N-dealkylation sites (tertiary alicyclic amines) is 1. The smallest absolute Gasteiger partial charge is 0.237 e. The minimum atomic E-state index is -0.0180. The van der Waals surface area contributed by atoms with Gasteiger partial charge in [-0.1, -0.05) is 36.8 Å². The van der Waals surface area contributed by atoms with E-state index in [0.29, 0.717) is 6.42 Å². The summed E-state index contributed by atoms with van der Waals surface area (Å²) >= 11 is 0. The van der Waals surface area contributed by atoms with Crippen LogP contribution in [-0.4, -0.2) is 42.8 Å². The third-order valence-corrected chi connectivity index (χ3v) is 4.11. The number of nitrogens with one attached hydrogen (secondary N) is 1. The van der Waals surface area contributed by atoms with E-state index in [1.54, 1.807) is 7.05 Å². The van der Waals surface area contributed by atoms with Gasteiger partial charge < -0.3 is 5.32 Å². The topological polar surface area (TPSA) is 49.4 Å². The average molecular weight is 288 g/mol. The van der Waals surface area contributed by atoms with Crippen molar-refractivity contribution >= 4 is 11.7 Å². The summed E-state index contributed by atoms with van der Waals surface area (Å²) in [6, 6.07) is 9.39. The molecular weight excluding hydrogens is 264 g/mol. The Morgan fingerprint density at radius 2 is 2.00 bits per heavy atom. The number of ketones is 1. The molecular formula is C17H24N2O2. The van der Waals surface area contributed by atoms with Crippen molar-refractivity contribution in [2.45, 2.75) is 38.1 Å². The maximum absolute atomic E-state index is 12.1. The first-order chi connectivity index (χ1) is 10.2. The lowest BCUT2D eigenvalue weighted by molar-refractivity contribution is -0.127. The van der Waals surface area contributed by atoms with Gasteiger partial charge >= 0.3 is 0 Å². The molecule has 1 unspecified atom stereocenters. The van der Waals surface area contributed by atoms with E-state index in [1.165, 1.54) is 0 Å². The largest absolute Gasteiger partial charge is 0.358 e. The van der Waals surface area contributed by atoms with Crippen LogP contribution in [0.3, 0.4) is 0 Å². The van der Waals surface area contributed by atoms with Gasteiger partial charge in [0.1, 0.15) is 0 Å². The number of nitrogens with zero attached hydrogens (tertiary/aromatic N) is 1. The van der Waals surface area contributed by atoms with Gasteiger partial charge in [0.25, 0.3) is 0 Å². The summed E-state index contributed by atoms with van der Waals surface area (Å²) in [6.07, 6.45) is 4.52. The second-order valence-electron chi connectivity index (χ2n) is 5.55. The Bertz CT molecular complexity index is 473. The lowest BCUT2D eigenvalue weighted by atomic mass is 10.00. The Labute approximate surface area is 126 Å². The number of benzene rings is 1. The Hall–Kier alpha value is -1.68. The number of carbonyl (C=O) groups excluding carboxylic acids is 2. The van der Waals surface area contributed by atoms with Crippen LogP contribution in [0.5, 0.6) is 0 Å². The van der Waals surface area contributed by atoms with Crippen LogP contribution < -0.4 is 5.32 Å². The molecule has 1 aliphatic heterocycles. The molecule has 1 heterocycles. The van der Waals surface area contributed by atoms with Crippen molar-refractivity contribution in [2.75, 3.05) is 20.1 Å². The lowest BCUT2D eigenvalue weighted by Crippen LogP contribution is -2.48. The van der Waals surface area contributed by atoms with Crippen LogP contribution in [0, 0.1) is 0 Å². The fraction of sp³-hybridized carbons (Fsp3) is 0.529. The van der Waals surface area contributed by atoms with Gasteiger partial charge in [0.15, 0.2) is 5.78 Å². The first kappa shape index (κ1) is 15.7. The third-order valence-electron chi connectivity index (χ3n) is 4.11. The molecule has 4 heteroatoms. The van der Waals surface area contributed by atoms with Gasteiger partial charge in [0.2, 0.25) is 5.91 Å². The number of hydrogen-bond acceptors (Lipinski definition) is 3. The third kappa shape index (κ3) is 4.39. The van der Waals surface area contributed by atoms with Crippen molar-refractivity contribution in [3.63, 3.8) is 0 Å². The number of piperidine rings is 1. The summed E-state index contributed by atoms with van der Waals surface area (Å²) in [5, 5.41) is 2.74. The summed E-state index contributed by atoms with van der Waals surface area (Å²) in [4.78, 5) is 26.2. The van der Waals surface area contributed by atoms with Crippen LogP contribution in [-0.2, 0) is 4.79 Å². The Morgan fingerprint density at radius 1 is 1.24 bits per heavy atom. The number of Topliss-reactive ketones (excluding diaryl/α,β-unsaturated/α-hetero) is 1. The second kappa shape index (κ2) is 7.93. The molecule has 1 aliphatic rings. The maximum atomic E-state index is 12.1. The minimum absolute atomic E-state index is 0.0180. The van der Waals surface area contributed by atoms with E-state index >= 15 is 0 Å². The molecule has 1 N–H and O–H groups in total. The molecule has 1 saturated heterocycles. The fourth-order valence-electron chi connectivity index (χ4n) is 2.93.